The van der Waals surface area contributed by atoms with Gasteiger partial charge in [0.15, 0.2) is 11.6 Å². The lowest BCUT2D eigenvalue weighted by atomic mass is 10.2. The van der Waals surface area contributed by atoms with E-state index in [9.17, 15) is 4.79 Å². The zero-order chi connectivity index (χ0) is 18.2. The lowest BCUT2D eigenvalue weighted by Gasteiger charge is -2.35. The number of likely N-dealkylation sites (N-methyl/N-ethyl adjacent to an activating group) is 1. The van der Waals surface area contributed by atoms with E-state index in [0.29, 0.717) is 38.5 Å². The van der Waals surface area contributed by atoms with Gasteiger partial charge >= 0.3 is 0 Å². The maximum absolute atomic E-state index is 12.2. The first-order chi connectivity index (χ1) is 12.0. The van der Waals surface area contributed by atoms with E-state index in [1.165, 1.54) is 6.33 Å². The first kappa shape index (κ1) is 19.4. The maximum Gasteiger partial charge on any atom is 0.224 e. The minimum absolute atomic E-state index is 0.0565. The van der Waals surface area contributed by atoms with Crippen molar-refractivity contribution in [3.8, 4) is 5.75 Å². The zero-order valence-electron chi connectivity index (χ0n) is 15.5. The number of amides is 1. The van der Waals surface area contributed by atoms with Crippen molar-refractivity contribution in [2.75, 3.05) is 51.9 Å². The Bertz CT molecular complexity index is 555. The summed E-state index contributed by atoms with van der Waals surface area (Å²) in [6.07, 6.45) is 3.60. The fourth-order valence-corrected chi connectivity index (χ4v) is 2.69. The molecule has 140 valence electrons. The van der Waals surface area contributed by atoms with E-state index < -0.39 is 0 Å². The van der Waals surface area contributed by atoms with E-state index in [1.807, 2.05) is 13.8 Å². The molecule has 0 radical (unpaired) electrons. The summed E-state index contributed by atoms with van der Waals surface area (Å²) in [6, 6.07) is 0. The average molecular weight is 352 g/mol. The van der Waals surface area contributed by atoms with Crippen LogP contribution >= 0.6 is 0 Å². The number of hydrogen-bond donors (Lipinski definition) is 0. The molecule has 8 nitrogen and oxygen atoms in total. The minimum Gasteiger partial charge on any atom is -0.491 e. The van der Waals surface area contributed by atoms with Crippen molar-refractivity contribution in [2.24, 2.45) is 0 Å². The number of rotatable bonds is 8. The summed E-state index contributed by atoms with van der Waals surface area (Å²) in [6.45, 7) is 6.84. The number of aromatic nitrogens is 2. The van der Waals surface area contributed by atoms with Gasteiger partial charge in [0, 0.05) is 26.7 Å². The van der Waals surface area contributed by atoms with Crippen LogP contribution in [-0.4, -0.2) is 80.0 Å². The Labute approximate surface area is 149 Å². The van der Waals surface area contributed by atoms with Gasteiger partial charge in [0.2, 0.25) is 5.91 Å². The van der Waals surface area contributed by atoms with E-state index in [-0.39, 0.29) is 18.1 Å². The van der Waals surface area contributed by atoms with Gasteiger partial charge in [0.25, 0.3) is 0 Å². The molecule has 1 fully saturated rings. The molecule has 0 spiro atoms. The number of morpholine rings is 1. The smallest absolute Gasteiger partial charge is 0.224 e. The van der Waals surface area contributed by atoms with Gasteiger partial charge in [-0.05, 0) is 13.8 Å². The van der Waals surface area contributed by atoms with Crippen LogP contribution in [-0.2, 0) is 14.3 Å². The summed E-state index contributed by atoms with van der Waals surface area (Å²) in [5, 5.41) is 0. The highest BCUT2D eigenvalue weighted by molar-refractivity contribution is 5.76. The van der Waals surface area contributed by atoms with E-state index in [1.54, 1.807) is 25.3 Å². The van der Waals surface area contributed by atoms with Gasteiger partial charge in [-0.3, -0.25) is 4.79 Å². The van der Waals surface area contributed by atoms with Crippen LogP contribution in [0, 0.1) is 0 Å². The van der Waals surface area contributed by atoms with E-state index in [2.05, 4.69) is 14.9 Å². The lowest BCUT2D eigenvalue weighted by molar-refractivity contribution is -0.133. The quantitative estimate of drug-likeness (QED) is 0.690. The third kappa shape index (κ3) is 5.82. The molecule has 0 bridgehead atoms. The molecule has 1 atom stereocenters. The second-order valence-electron chi connectivity index (χ2n) is 6.30. The predicted octanol–water partition coefficient (Wildman–Crippen LogP) is 0.964. The van der Waals surface area contributed by atoms with E-state index >= 15 is 0 Å². The molecule has 1 aliphatic rings. The van der Waals surface area contributed by atoms with Gasteiger partial charge in [-0.25, -0.2) is 9.97 Å². The van der Waals surface area contributed by atoms with Gasteiger partial charge in [-0.15, -0.1) is 0 Å². The molecule has 0 N–H and O–H groups in total. The highest BCUT2D eigenvalue weighted by Crippen LogP contribution is 2.25. The molecular formula is C17H28N4O4. The first-order valence-corrected chi connectivity index (χ1v) is 8.57. The summed E-state index contributed by atoms with van der Waals surface area (Å²) < 4.78 is 16.6. The normalized spacial score (nSPS) is 17.6. The maximum atomic E-state index is 12.2. The first-order valence-electron chi connectivity index (χ1n) is 8.57. The number of anilines is 1. The fourth-order valence-electron chi connectivity index (χ4n) is 2.69. The van der Waals surface area contributed by atoms with Crippen LogP contribution in [0.25, 0.3) is 0 Å². The lowest BCUT2D eigenvalue weighted by Crippen LogP contribution is -2.48. The molecule has 0 aliphatic carbocycles. The number of hydrogen-bond acceptors (Lipinski definition) is 7. The Kier molecular flexibility index (Phi) is 7.39. The standard InChI is InChI=1S/C17H28N4O4/c1-13(2)24-7-5-16(22)20(3)10-14-11-21(6-8-25-14)17-15(23-4)9-18-12-19-17/h9,12-14H,5-8,10-11H2,1-4H3. The average Bonchev–Trinajstić information content (AvgIpc) is 2.61. The number of ether oxygens (including phenoxy) is 3. The van der Waals surface area contributed by atoms with Crippen molar-refractivity contribution in [2.45, 2.75) is 32.5 Å². The molecule has 1 aromatic heterocycles. The van der Waals surface area contributed by atoms with Crippen molar-refractivity contribution in [3.63, 3.8) is 0 Å². The molecule has 8 heteroatoms. The molecule has 0 aromatic carbocycles. The minimum atomic E-state index is -0.0756. The SMILES string of the molecule is COc1cncnc1N1CCOC(CN(C)C(=O)CCOC(C)C)C1. The number of carbonyl (C=O) groups excluding carboxylic acids is 1. The van der Waals surface area contributed by atoms with Gasteiger partial charge in [0.05, 0.1) is 45.1 Å². The van der Waals surface area contributed by atoms with Gasteiger partial charge in [-0.2, -0.15) is 0 Å². The molecule has 1 amide bonds. The Hall–Kier alpha value is -1.93. The summed E-state index contributed by atoms with van der Waals surface area (Å²) in [4.78, 5) is 24.3. The van der Waals surface area contributed by atoms with Crippen LogP contribution < -0.4 is 9.64 Å². The highest BCUT2D eigenvalue weighted by Gasteiger charge is 2.25. The zero-order valence-corrected chi connectivity index (χ0v) is 15.5. The third-order valence-electron chi connectivity index (χ3n) is 3.99. The molecule has 1 aliphatic heterocycles. The third-order valence-corrected chi connectivity index (χ3v) is 3.99. The largest absolute Gasteiger partial charge is 0.491 e. The monoisotopic (exact) mass is 352 g/mol. The van der Waals surface area contributed by atoms with Crippen LogP contribution in [0.15, 0.2) is 12.5 Å². The molecule has 1 unspecified atom stereocenters. The van der Waals surface area contributed by atoms with Crippen molar-refractivity contribution >= 4 is 11.7 Å². The van der Waals surface area contributed by atoms with Crippen LogP contribution in [0.3, 0.4) is 0 Å². The Morgan fingerprint density at radius 2 is 2.32 bits per heavy atom. The Morgan fingerprint density at radius 1 is 1.52 bits per heavy atom. The number of carbonyl (C=O) groups is 1. The molecular weight excluding hydrogens is 324 g/mol. The molecule has 1 aromatic rings. The number of nitrogens with zero attached hydrogens (tertiary/aromatic N) is 4. The van der Waals surface area contributed by atoms with Crippen molar-refractivity contribution in [3.05, 3.63) is 12.5 Å². The molecule has 0 saturated carbocycles. The second-order valence-corrected chi connectivity index (χ2v) is 6.30. The molecule has 1 saturated heterocycles. The second kappa shape index (κ2) is 9.53. The van der Waals surface area contributed by atoms with E-state index in [0.717, 1.165) is 12.4 Å². The molecule has 2 rings (SSSR count). The molecule has 2 heterocycles. The van der Waals surface area contributed by atoms with Crippen molar-refractivity contribution < 1.29 is 19.0 Å². The van der Waals surface area contributed by atoms with E-state index in [4.69, 9.17) is 14.2 Å². The van der Waals surface area contributed by atoms with Crippen molar-refractivity contribution in [1.29, 1.82) is 0 Å². The summed E-state index contributed by atoms with van der Waals surface area (Å²) >= 11 is 0. The van der Waals surface area contributed by atoms with Crippen LogP contribution in [0.2, 0.25) is 0 Å². The Morgan fingerprint density at radius 3 is 3.04 bits per heavy atom. The summed E-state index contributed by atoms with van der Waals surface area (Å²) in [5.74, 6) is 1.45. The topological polar surface area (TPSA) is 77.0 Å². The summed E-state index contributed by atoms with van der Waals surface area (Å²) in [7, 11) is 3.40. The van der Waals surface area contributed by atoms with Crippen LogP contribution in [0.5, 0.6) is 5.75 Å². The van der Waals surface area contributed by atoms with Crippen LogP contribution in [0.4, 0.5) is 5.82 Å². The molecule has 25 heavy (non-hydrogen) atoms. The van der Waals surface area contributed by atoms with Crippen molar-refractivity contribution in [1.82, 2.24) is 14.9 Å². The van der Waals surface area contributed by atoms with Crippen LogP contribution in [0.1, 0.15) is 20.3 Å². The summed E-state index contributed by atoms with van der Waals surface area (Å²) in [5.41, 5.74) is 0. The van der Waals surface area contributed by atoms with Gasteiger partial charge < -0.3 is 24.0 Å². The fraction of sp³-hybridized carbons (Fsp3) is 0.706. The number of methoxy groups -OCH3 is 1. The van der Waals surface area contributed by atoms with Gasteiger partial charge in [-0.1, -0.05) is 0 Å². The predicted molar refractivity (Wildman–Crippen MR) is 93.9 cm³/mol. The van der Waals surface area contributed by atoms with Gasteiger partial charge in [0.1, 0.15) is 6.33 Å². The Balaban J connectivity index is 1.87. The highest BCUT2D eigenvalue weighted by atomic mass is 16.5.